The summed E-state index contributed by atoms with van der Waals surface area (Å²) < 4.78 is 0. The number of anilines is 1. The first-order chi connectivity index (χ1) is 11.1. The van der Waals surface area contributed by atoms with Crippen molar-refractivity contribution in [2.75, 3.05) is 5.32 Å². The summed E-state index contributed by atoms with van der Waals surface area (Å²) in [5, 5.41) is 15.2. The molecule has 0 aromatic heterocycles. The van der Waals surface area contributed by atoms with Crippen LogP contribution in [0, 0.1) is 16.0 Å². The van der Waals surface area contributed by atoms with Gasteiger partial charge in [0.25, 0.3) is 5.69 Å². The zero-order valence-electron chi connectivity index (χ0n) is 12.3. The number of hydrogen-bond acceptors (Lipinski definition) is 3. The summed E-state index contributed by atoms with van der Waals surface area (Å²) in [7, 11) is 0. The van der Waals surface area contributed by atoms with E-state index in [1.165, 1.54) is 5.56 Å². The first kappa shape index (κ1) is 14.3. The maximum absolute atomic E-state index is 10.8. The van der Waals surface area contributed by atoms with Gasteiger partial charge in [-0.15, -0.1) is 0 Å². The Kier molecular flexibility index (Phi) is 3.34. The van der Waals surface area contributed by atoms with Gasteiger partial charge in [-0.1, -0.05) is 35.9 Å². The molecule has 0 saturated heterocycles. The monoisotopic (exact) mass is 326 g/mol. The van der Waals surface area contributed by atoms with E-state index in [9.17, 15) is 10.1 Å². The van der Waals surface area contributed by atoms with Crippen molar-refractivity contribution in [3.8, 4) is 0 Å². The Morgan fingerprint density at radius 3 is 2.70 bits per heavy atom. The molecule has 0 saturated carbocycles. The van der Waals surface area contributed by atoms with Gasteiger partial charge in [-0.05, 0) is 41.7 Å². The molecule has 3 atom stereocenters. The lowest BCUT2D eigenvalue weighted by Crippen LogP contribution is -2.29. The Morgan fingerprint density at radius 1 is 1.17 bits per heavy atom. The van der Waals surface area contributed by atoms with Crippen LogP contribution in [-0.2, 0) is 0 Å². The maximum atomic E-state index is 10.8. The summed E-state index contributed by atoms with van der Waals surface area (Å²) >= 11 is 6.15. The fraction of sp³-hybridized carbons (Fsp3) is 0.222. The summed E-state index contributed by atoms with van der Waals surface area (Å²) in [5.41, 5.74) is 3.52. The lowest BCUT2D eigenvalue weighted by molar-refractivity contribution is -0.384. The van der Waals surface area contributed by atoms with Crippen molar-refractivity contribution in [2.24, 2.45) is 5.92 Å². The summed E-state index contributed by atoms with van der Waals surface area (Å²) in [4.78, 5) is 10.5. The van der Waals surface area contributed by atoms with Gasteiger partial charge in [0.15, 0.2) is 0 Å². The molecule has 0 radical (unpaired) electrons. The predicted octanol–water partition coefficient (Wildman–Crippen LogP) is 5.07. The van der Waals surface area contributed by atoms with Crippen LogP contribution in [0.1, 0.15) is 29.5 Å². The van der Waals surface area contributed by atoms with E-state index in [2.05, 4.69) is 17.5 Å². The normalized spacial score (nSPS) is 24.7. The average Bonchev–Trinajstić information content (AvgIpc) is 3.04. The Bertz CT molecular complexity index is 801. The number of nitro benzene ring substituents is 1. The molecule has 5 heteroatoms. The second-order valence-corrected chi connectivity index (χ2v) is 6.49. The minimum atomic E-state index is -0.366. The fourth-order valence-corrected chi connectivity index (χ4v) is 3.88. The molecule has 2 aromatic rings. The van der Waals surface area contributed by atoms with Crippen molar-refractivity contribution >= 4 is 23.0 Å². The summed E-state index contributed by atoms with van der Waals surface area (Å²) in [6.07, 6.45) is 5.45. The van der Waals surface area contributed by atoms with Gasteiger partial charge in [-0.25, -0.2) is 0 Å². The van der Waals surface area contributed by atoms with Gasteiger partial charge in [0.2, 0.25) is 0 Å². The summed E-state index contributed by atoms with van der Waals surface area (Å²) in [6.45, 7) is 0. The van der Waals surface area contributed by atoms with Gasteiger partial charge in [0.1, 0.15) is 0 Å². The van der Waals surface area contributed by atoms with Gasteiger partial charge in [-0.3, -0.25) is 10.1 Å². The van der Waals surface area contributed by atoms with E-state index in [1.54, 1.807) is 12.1 Å². The van der Waals surface area contributed by atoms with Crippen molar-refractivity contribution in [3.05, 3.63) is 80.9 Å². The van der Waals surface area contributed by atoms with Gasteiger partial charge < -0.3 is 5.32 Å². The minimum Gasteiger partial charge on any atom is -0.378 e. The Hall–Kier alpha value is -2.33. The largest absolute Gasteiger partial charge is 0.378 e. The van der Waals surface area contributed by atoms with Crippen molar-refractivity contribution in [3.63, 3.8) is 0 Å². The number of nitro groups is 1. The molecular formula is C18H15ClN2O2. The molecule has 4 rings (SSSR count). The molecule has 0 bridgehead atoms. The second kappa shape index (κ2) is 5.39. The molecule has 0 spiro atoms. The van der Waals surface area contributed by atoms with Crippen molar-refractivity contribution in [2.45, 2.75) is 18.4 Å². The molecule has 1 aliphatic carbocycles. The number of hydrogen-bond donors (Lipinski definition) is 1. The first-order valence-electron chi connectivity index (χ1n) is 7.60. The minimum absolute atomic E-state index is 0.123. The van der Waals surface area contributed by atoms with Crippen LogP contribution in [-0.4, -0.2) is 4.92 Å². The van der Waals surface area contributed by atoms with Crippen LogP contribution in [0.15, 0.2) is 54.6 Å². The number of nitrogens with one attached hydrogen (secondary N) is 1. The highest BCUT2D eigenvalue weighted by molar-refractivity contribution is 6.30. The van der Waals surface area contributed by atoms with Crippen LogP contribution in [0.2, 0.25) is 5.02 Å². The lowest BCUT2D eigenvalue weighted by atomic mass is 9.77. The van der Waals surface area contributed by atoms with Crippen molar-refractivity contribution in [1.29, 1.82) is 0 Å². The van der Waals surface area contributed by atoms with Crippen LogP contribution in [0.3, 0.4) is 0 Å². The second-order valence-electron chi connectivity index (χ2n) is 6.06. The number of non-ortho nitro benzene ring substituents is 1. The Balaban J connectivity index is 1.73. The van der Waals surface area contributed by atoms with E-state index in [1.807, 2.05) is 30.3 Å². The Morgan fingerprint density at radius 2 is 1.96 bits per heavy atom. The van der Waals surface area contributed by atoms with Gasteiger partial charge >= 0.3 is 0 Å². The number of benzene rings is 2. The van der Waals surface area contributed by atoms with E-state index < -0.39 is 0 Å². The summed E-state index contributed by atoms with van der Waals surface area (Å²) in [5.74, 6) is 0.743. The van der Waals surface area contributed by atoms with Crippen molar-refractivity contribution in [1.82, 2.24) is 0 Å². The number of halogens is 1. The van der Waals surface area contributed by atoms with Gasteiger partial charge in [0, 0.05) is 28.8 Å². The number of rotatable bonds is 2. The zero-order valence-corrected chi connectivity index (χ0v) is 13.0. The third-order valence-electron chi connectivity index (χ3n) is 4.79. The molecule has 1 heterocycles. The molecule has 23 heavy (non-hydrogen) atoms. The molecule has 116 valence electrons. The van der Waals surface area contributed by atoms with Gasteiger partial charge in [-0.2, -0.15) is 0 Å². The highest BCUT2D eigenvalue weighted by Gasteiger charge is 2.37. The zero-order chi connectivity index (χ0) is 16.0. The highest BCUT2D eigenvalue weighted by atomic mass is 35.5. The van der Waals surface area contributed by atoms with E-state index in [4.69, 9.17) is 11.6 Å². The first-order valence-corrected chi connectivity index (χ1v) is 7.98. The summed E-state index contributed by atoms with van der Waals surface area (Å²) in [6, 6.07) is 12.9. The molecule has 4 nitrogen and oxygen atoms in total. The standard InChI is InChI=1S/C18H15ClN2O2/c19-12-6-9-17-16(10-12)14-2-1-3-15(14)18(20-17)11-4-7-13(8-5-11)21(22)23/h1-2,4-10,14-15,18,20H,3H2/t14-,15-,18-/m0/s1. The number of fused-ring (bicyclic) bond motifs is 3. The predicted molar refractivity (Wildman–Crippen MR) is 90.9 cm³/mol. The molecule has 1 N–H and O–H groups in total. The van der Waals surface area contributed by atoms with Crippen LogP contribution in [0.5, 0.6) is 0 Å². The van der Waals surface area contributed by atoms with E-state index in [0.29, 0.717) is 11.8 Å². The smallest absolute Gasteiger partial charge is 0.269 e. The topological polar surface area (TPSA) is 55.2 Å². The molecule has 0 amide bonds. The van der Waals surface area contributed by atoms with Crippen LogP contribution in [0.4, 0.5) is 11.4 Å². The highest BCUT2D eigenvalue weighted by Crippen LogP contribution is 2.50. The molecule has 2 aliphatic rings. The van der Waals surface area contributed by atoms with Crippen molar-refractivity contribution < 1.29 is 4.92 Å². The van der Waals surface area contributed by atoms with Gasteiger partial charge in [0.05, 0.1) is 11.0 Å². The molecule has 2 aromatic carbocycles. The fourth-order valence-electron chi connectivity index (χ4n) is 3.70. The van der Waals surface area contributed by atoms with E-state index >= 15 is 0 Å². The Labute approximate surface area is 138 Å². The maximum Gasteiger partial charge on any atom is 0.269 e. The number of allylic oxidation sites excluding steroid dienone is 2. The molecular weight excluding hydrogens is 312 g/mol. The molecule has 0 unspecified atom stereocenters. The number of nitrogens with zero attached hydrogens (tertiary/aromatic N) is 1. The van der Waals surface area contributed by atoms with Crippen LogP contribution < -0.4 is 5.32 Å². The van der Waals surface area contributed by atoms with Crippen LogP contribution in [0.25, 0.3) is 0 Å². The molecule has 1 aliphatic heterocycles. The lowest BCUT2D eigenvalue weighted by Gasteiger charge is -2.37. The SMILES string of the molecule is O=[N+]([O-])c1ccc([C@@H]2Nc3ccc(Cl)cc3[C@H]3C=CC[C@@H]32)cc1. The quantitative estimate of drug-likeness (QED) is 0.476. The van der Waals surface area contributed by atoms with E-state index in [0.717, 1.165) is 22.7 Å². The third-order valence-corrected chi connectivity index (χ3v) is 5.02. The average molecular weight is 327 g/mol. The van der Waals surface area contributed by atoms with Crippen LogP contribution >= 0.6 is 11.6 Å². The third kappa shape index (κ3) is 2.39. The van der Waals surface area contributed by atoms with E-state index in [-0.39, 0.29) is 16.7 Å². The molecule has 0 fully saturated rings.